The second-order valence-corrected chi connectivity index (χ2v) is 5.62. The topological polar surface area (TPSA) is 109 Å². The molecule has 0 aliphatic rings. The van der Waals surface area contributed by atoms with Gasteiger partial charge < -0.3 is 4.74 Å². The first kappa shape index (κ1) is 17.6. The van der Waals surface area contributed by atoms with Crippen LogP contribution in [0.4, 0.5) is 8.78 Å². The first-order valence-corrected chi connectivity index (χ1v) is 8.10. The fourth-order valence-electron chi connectivity index (χ4n) is 2.35. The average Bonchev–Trinajstić information content (AvgIpc) is 3.37. The van der Waals surface area contributed by atoms with E-state index in [0.717, 1.165) is 6.20 Å². The molecular formula is C16H13F2N9O. The molecular weight excluding hydrogens is 372 g/mol. The van der Waals surface area contributed by atoms with E-state index in [2.05, 4.69) is 35.7 Å². The number of ether oxygens (including phenoxy) is 1. The maximum atomic E-state index is 12.7. The Morgan fingerprint density at radius 2 is 1.79 bits per heavy atom. The first-order chi connectivity index (χ1) is 13.6. The van der Waals surface area contributed by atoms with E-state index in [1.54, 1.807) is 19.1 Å². The number of hydrogen-bond acceptors (Lipinski definition) is 8. The second kappa shape index (κ2) is 7.42. The van der Waals surface area contributed by atoms with Crippen LogP contribution in [0.1, 0.15) is 23.4 Å². The summed E-state index contributed by atoms with van der Waals surface area (Å²) in [5.74, 6) is 1.09. The Bertz CT molecular complexity index is 1050. The summed E-state index contributed by atoms with van der Waals surface area (Å²) in [5.41, 5.74) is 1.06. The van der Waals surface area contributed by atoms with Gasteiger partial charge in [-0.25, -0.2) is 13.8 Å². The second-order valence-electron chi connectivity index (χ2n) is 5.62. The smallest absolute Gasteiger partial charge is 0.265 e. The maximum absolute atomic E-state index is 12.7. The molecule has 12 heteroatoms. The highest BCUT2D eigenvalue weighted by Gasteiger charge is 2.15. The van der Waals surface area contributed by atoms with Crippen molar-refractivity contribution in [3.05, 3.63) is 59.8 Å². The number of aromatic nitrogens is 9. The summed E-state index contributed by atoms with van der Waals surface area (Å²) in [7, 11) is 0. The average molecular weight is 385 g/mol. The Kier molecular flexibility index (Phi) is 4.66. The molecule has 0 saturated carbocycles. The van der Waals surface area contributed by atoms with Crippen molar-refractivity contribution in [2.45, 2.75) is 20.0 Å². The highest BCUT2D eigenvalue weighted by molar-refractivity contribution is 5.28. The van der Waals surface area contributed by atoms with Gasteiger partial charge in [-0.05, 0) is 25.1 Å². The third-order valence-electron chi connectivity index (χ3n) is 3.80. The highest BCUT2D eigenvalue weighted by atomic mass is 19.3. The van der Waals surface area contributed by atoms with Gasteiger partial charge in [0.25, 0.3) is 6.43 Å². The van der Waals surface area contributed by atoms with Gasteiger partial charge >= 0.3 is 0 Å². The Balaban J connectivity index is 1.50. The van der Waals surface area contributed by atoms with Gasteiger partial charge in [-0.1, -0.05) is 5.21 Å². The van der Waals surface area contributed by atoms with Crippen LogP contribution < -0.4 is 4.74 Å². The van der Waals surface area contributed by atoms with Gasteiger partial charge in [0, 0.05) is 17.8 Å². The zero-order valence-corrected chi connectivity index (χ0v) is 14.5. The van der Waals surface area contributed by atoms with Gasteiger partial charge in [-0.2, -0.15) is 14.9 Å². The summed E-state index contributed by atoms with van der Waals surface area (Å²) in [4.78, 5) is 5.35. The molecule has 4 rings (SSSR count). The van der Waals surface area contributed by atoms with Crippen LogP contribution in [0.15, 0.2) is 42.9 Å². The minimum Gasteiger partial charge on any atom is -0.470 e. The molecule has 0 saturated heterocycles. The van der Waals surface area contributed by atoms with Gasteiger partial charge in [-0.3, -0.25) is 0 Å². The van der Waals surface area contributed by atoms with E-state index in [0.29, 0.717) is 23.0 Å². The molecule has 0 spiro atoms. The van der Waals surface area contributed by atoms with Crippen LogP contribution in [-0.4, -0.2) is 45.2 Å². The molecule has 0 aliphatic heterocycles. The van der Waals surface area contributed by atoms with Gasteiger partial charge in [-0.15, -0.1) is 20.1 Å². The quantitative estimate of drug-likeness (QED) is 0.495. The lowest BCUT2D eigenvalue weighted by molar-refractivity contribution is 0.151. The summed E-state index contributed by atoms with van der Waals surface area (Å²) in [5, 5.41) is 23.9. The fraction of sp³-hybridized carbons (Fsp3) is 0.188. The molecule has 28 heavy (non-hydrogen) atoms. The van der Waals surface area contributed by atoms with Crippen molar-refractivity contribution in [3.63, 3.8) is 0 Å². The normalized spacial score (nSPS) is 11.1. The summed E-state index contributed by atoms with van der Waals surface area (Å²) < 4.78 is 32.5. The summed E-state index contributed by atoms with van der Waals surface area (Å²) in [6.07, 6.45) is 1.59. The summed E-state index contributed by atoms with van der Waals surface area (Å²) >= 11 is 0. The molecule has 0 N–H and O–H groups in total. The maximum Gasteiger partial charge on any atom is 0.265 e. The molecule has 142 valence electrons. The molecule has 4 aromatic heterocycles. The van der Waals surface area contributed by atoms with Gasteiger partial charge in [0.2, 0.25) is 5.88 Å². The number of hydrogen-bond donors (Lipinski definition) is 0. The standard InChI is InChI=1S/C16H13F2N9O/c1-10-12(26(25-22-10)13-3-2-11(8-19-13)16(17)18)9-28-15-5-4-14(23-24-15)27-20-6-7-21-27/h2-8,16H,9H2,1H3. The fourth-order valence-corrected chi connectivity index (χ4v) is 2.35. The Labute approximate surface area is 156 Å². The lowest BCUT2D eigenvalue weighted by Crippen LogP contribution is -2.09. The van der Waals surface area contributed by atoms with Gasteiger partial charge in [0.15, 0.2) is 11.6 Å². The molecule has 4 heterocycles. The highest BCUT2D eigenvalue weighted by Crippen LogP contribution is 2.19. The molecule has 0 aromatic carbocycles. The van der Waals surface area contributed by atoms with E-state index < -0.39 is 6.43 Å². The number of halogens is 2. The van der Waals surface area contributed by atoms with Crippen LogP contribution >= 0.6 is 0 Å². The molecule has 0 bridgehead atoms. The monoisotopic (exact) mass is 385 g/mol. The van der Waals surface area contributed by atoms with E-state index in [1.165, 1.54) is 34.0 Å². The van der Waals surface area contributed by atoms with E-state index >= 15 is 0 Å². The van der Waals surface area contributed by atoms with Crippen LogP contribution in [0.3, 0.4) is 0 Å². The van der Waals surface area contributed by atoms with Crippen molar-refractivity contribution in [2.75, 3.05) is 0 Å². The van der Waals surface area contributed by atoms with Crippen LogP contribution in [0.2, 0.25) is 0 Å². The molecule has 0 radical (unpaired) electrons. The molecule has 0 fully saturated rings. The lowest BCUT2D eigenvalue weighted by atomic mass is 10.3. The van der Waals surface area contributed by atoms with Crippen molar-refractivity contribution in [3.8, 4) is 17.5 Å². The third-order valence-corrected chi connectivity index (χ3v) is 3.80. The number of rotatable bonds is 6. The summed E-state index contributed by atoms with van der Waals surface area (Å²) in [6, 6.07) is 6.03. The SMILES string of the molecule is Cc1nnn(-c2ccc(C(F)F)cn2)c1COc1ccc(-n2nccn2)nn1. The van der Waals surface area contributed by atoms with Crippen LogP contribution in [0.5, 0.6) is 5.88 Å². The van der Waals surface area contributed by atoms with E-state index in [4.69, 9.17) is 4.74 Å². The molecule has 4 aromatic rings. The van der Waals surface area contributed by atoms with Crippen molar-refractivity contribution in [2.24, 2.45) is 0 Å². The van der Waals surface area contributed by atoms with Crippen LogP contribution in [0.25, 0.3) is 11.6 Å². The largest absolute Gasteiger partial charge is 0.470 e. The molecule has 0 unspecified atom stereocenters. The van der Waals surface area contributed by atoms with E-state index in [1.807, 2.05) is 0 Å². The van der Waals surface area contributed by atoms with Crippen molar-refractivity contribution in [1.29, 1.82) is 0 Å². The Hall–Kier alpha value is -3.83. The van der Waals surface area contributed by atoms with Crippen molar-refractivity contribution in [1.82, 2.24) is 45.2 Å². The summed E-state index contributed by atoms with van der Waals surface area (Å²) in [6.45, 7) is 1.85. The molecule has 10 nitrogen and oxygen atoms in total. The molecule has 0 aliphatic carbocycles. The molecule has 0 amide bonds. The zero-order chi connectivity index (χ0) is 19.5. The third kappa shape index (κ3) is 3.51. The Morgan fingerprint density at radius 3 is 2.43 bits per heavy atom. The first-order valence-electron chi connectivity index (χ1n) is 8.10. The minimum atomic E-state index is -2.58. The van der Waals surface area contributed by atoms with Gasteiger partial charge in [0.05, 0.1) is 18.1 Å². The predicted octanol–water partition coefficient (Wildman–Crippen LogP) is 1.86. The zero-order valence-electron chi connectivity index (χ0n) is 14.5. The number of aryl methyl sites for hydroxylation is 1. The van der Waals surface area contributed by atoms with Crippen LogP contribution in [-0.2, 0) is 6.61 Å². The van der Waals surface area contributed by atoms with E-state index in [9.17, 15) is 8.78 Å². The predicted molar refractivity (Wildman–Crippen MR) is 90.1 cm³/mol. The Morgan fingerprint density at radius 1 is 1.00 bits per heavy atom. The molecule has 0 atom stereocenters. The van der Waals surface area contributed by atoms with E-state index in [-0.39, 0.29) is 18.1 Å². The number of pyridine rings is 1. The van der Waals surface area contributed by atoms with Crippen molar-refractivity contribution < 1.29 is 13.5 Å². The number of nitrogens with zero attached hydrogens (tertiary/aromatic N) is 9. The van der Waals surface area contributed by atoms with Gasteiger partial charge in [0.1, 0.15) is 12.3 Å². The minimum absolute atomic E-state index is 0.0885. The van der Waals surface area contributed by atoms with Crippen LogP contribution in [0, 0.1) is 6.92 Å². The number of alkyl halides is 2. The van der Waals surface area contributed by atoms with Crippen molar-refractivity contribution >= 4 is 0 Å². The lowest BCUT2D eigenvalue weighted by Gasteiger charge is -2.08.